The number of aromatic nitrogens is 3. The van der Waals surface area contributed by atoms with E-state index in [2.05, 4.69) is 22.1 Å². The lowest BCUT2D eigenvalue weighted by atomic mass is 10.1. The van der Waals surface area contributed by atoms with Gasteiger partial charge in [-0.2, -0.15) is 0 Å². The molecule has 0 spiro atoms. The third-order valence-electron chi connectivity index (χ3n) is 4.78. The first kappa shape index (κ1) is 17.0. The summed E-state index contributed by atoms with van der Waals surface area (Å²) in [5, 5.41) is 4.06. The molecule has 3 heterocycles. The summed E-state index contributed by atoms with van der Waals surface area (Å²) >= 11 is 0. The van der Waals surface area contributed by atoms with Crippen LogP contribution in [0.1, 0.15) is 45.0 Å². The number of fused-ring (bicyclic) bond motifs is 1. The third kappa shape index (κ3) is 3.35. The Kier molecular flexibility index (Phi) is 5.58. The molecule has 2 aromatic heterocycles. The minimum Gasteiger partial charge on any atom is -0.315 e. The summed E-state index contributed by atoms with van der Waals surface area (Å²) in [4.78, 5) is 24.4. The SMILES string of the molecule is CCC[C@H](c1nc2ccncc2c(=O)n1CC)N1CCCNCC1. The average molecular weight is 329 g/mol. The van der Waals surface area contributed by atoms with Crippen molar-refractivity contribution in [2.45, 2.75) is 45.7 Å². The number of rotatable bonds is 5. The van der Waals surface area contributed by atoms with Gasteiger partial charge in [0, 0.05) is 38.6 Å². The first-order chi connectivity index (χ1) is 11.8. The van der Waals surface area contributed by atoms with Gasteiger partial charge in [-0.1, -0.05) is 13.3 Å². The Hall–Kier alpha value is -1.79. The maximum Gasteiger partial charge on any atom is 0.262 e. The van der Waals surface area contributed by atoms with Gasteiger partial charge < -0.3 is 5.32 Å². The fourth-order valence-electron chi connectivity index (χ4n) is 3.57. The molecule has 0 radical (unpaired) electrons. The van der Waals surface area contributed by atoms with Crippen molar-refractivity contribution in [3.63, 3.8) is 0 Å². The number of hydrogen-bond donors (Lipinski definition) is 1. The van der Waals surface area contributed by atoms with Gasteiger partial charge in [0.1, 0.15) is 5.82 Å². The Morgan fingerprint density at radius 3 is 2.96 bits per heavy atom. The van der Waals surface area contributed by atoms with Crippen molar-refractivity contribution in [3.8, 4) is 0 Å². The molecule has 3 rings (SSSR count). The standard InChI is InChI=1S/C18H27N5O/c1-3-6-16(22-11-5-8-19-10-12-22)17-21-15-7-9-20-13-14(15)18(24)23(17)4-2/h7,9,13,16,19H,3-6,8,10-12H2,1-2H3/t16-/m1/s1. The summed E-state index contributed by atoms with van der Waals surface area (Å²) in [5.41, 5.74) is 0.781. The Morgan fingerprint density at radius 2 is 2.17 bits per heavy atom. The molecule has 0 saturated carbocycles. The second kappa shape index (κ2) is 7.85. The second-order valence-corrected chi connectivity index (χ2v) is 6.36. The van der Waals surface area contributed by atoms with Crippen LogP contribution in [0.5, 0.6) is 0 Å². The van der Waals surface area contributed by atoms with E-state index in [1.54, 1.807) is 12.4 Å². The Bertz CT molecular complexity index is 734. The molecule has 2 aromatic rings. The summed E-state index contributed by atoms with van der Waals surface area (Å²) in [6.45, 7) is 8.95. The van der Waals surface area contributed by atoms with E-state index in [0.717, 1.165) is 56.8 Å². The molecule has 0 bridgehead atoms. The molecule has 24 heavy (non-hydrogen) atoms. The fraction of sp³-hybridized carbons (Fsp3) is 0.611. The van der Waals surface area contributed by atoms with E-state index in [1.165, 1.54) is 0 Å². The smallest absolute Gasteiger partial charge is 0.262 e. The third-order valence-corrected chi connectivity index (χ3v) is 4.78. The molecule has 6 heteroatoms. The van der Waals surface area contributed by atoms with Gasteiger partial charge in [0.15, 0.2) is 0 Å². The van der Waals surface area contributed by atoms with Crippen molar-refractivity contribution < 1.29 is 0 Å². The lowest BCUT2D eigenvalue weighted by molar-refractivity contribution is 0.185. The van der Waals surface area contributed by atoms with Gasteiger partial charge in [-0.25, -0.2) is 4.98 Å². The minimum atomic E-state index is 0.0275. The lowest BCUT2D eigenvalue weighted by Gasteiger charge is -2.31. The molecule has 1 aliphatic rings. The van der Waals surface area contributed by atoms with Crippen molar-refractivity contribution in [1.82, 2.24) is 24.8 Å². The van der Waals surface area contributed by atoms with Crippen LogP contribution in [0.4, 0.5) is 0 Å². The molecule has 0 unspecified atom stereocenters. The van der Waals surface area contributed by atoms with Crippen LogP contribution in [0.3, 0.4) is 0 Å². The Labute approximate surface area is 142 Å². The van der Waals surface area contributed by atoms with Crippen LogP contribution in [-0.4, -0.2) is 45.6 Å². The van der Waals surface area contributed by atoms with Gasteiger partial charge in [0.25, 0.3) is 5.56 Å². The summed E-state index contributed by atoms with van der Waals surface area (Å²) in [5.74, 6) is 0.907. The highest BCUT2D eigenvalue weighted by molar-refractivity contribution is 5.76. The topological polar surface area (TPSA) is 63.1 Å². The molecule has 0 amide bonds. The molecule has 1 atom stereocenters. The zero-order valence-corrected chi connectivity index (χ0v) is 14.7. The van der Waals surface area contributed by atoms with Gasteiger partial charge in [-0.05, 0) is 32.4 Å². The number of pyridine rings is 1. The van der Waals surface area contributed by atoms with Crippen LogP contribution in [0.25, 0.3) is 10.9 Å². The van der Waals surface area contributed by atoms with E-state index < -0.39 is 0 Å². The first-order valence-electron chi connectivity index (χ1n) is 9.05. The zero-order valence-electron chi connectivity index (χ0n) is 14.7. The lowest BCUT2D eigenvalue weighted by Crippen LogP contribution is -2.37. The second-order valence-electron chi connectivity index (χ2n) is 6.36. The monoisotopic (exact) mass is 329 g/mol. The first-order valence-corrected chi connectivity index (χ1v) is 9.05. The van der Waals surface area contributed by atoms with Gasteiger partial charge in [-0.3, -0.25) is 19.2 Å². The van der Waals surface area contributed by atoms with Crippen LogP contribution in [0, 0.1) is 0 Å². The molecular weight excluding hydrogens is 302 g/mol. The summed E-state index contributed by atoms with van der Waals surface area (Å²) in [7, 11) is 0. The van der Waals surface area contributed by atoms with Crippen LogP contribution in [-0.2, 0) is 6.54 Å². The van der Waals surface area contributed by atoms with E-state index in [1.807, 2.05) is 17.6 Å². The maximum atomic E-state index is 12.9. The van der Waals surface area contributed by atoms with E-state index in [9.17, 15) is 4.79 Å². The normalized spacial score (nSPS) is 17.8. The number of nitrogens with one attached hydrogen (secondary N) is 1. The zero-order chi connectivity index (χ0) is 16.9. The van der Waals surface area contributed by atoms with Crippen molar-refractivity contribution in [1.29, 1.82) is 0 Å². The van der Waals surface area contributed by atoms with E-state index >= 15 is 0 Å². The summed E-state index contributed by atoms with van der Waals surface area (Å²) in [6.07, 6.45) is 6.56. The van der Waals surface area contributed by atoms with Crippen LogP contribution in [0.2, 0.25) is 0 Å². The molecule has 1 N–H and O–H groups in total. The number of nitrogens with zero attached hydrogens (tertiary/aromatic N) is 4. The highest BCUT2D eigenvalue weighted by Gasteiger charge is 2.25. The van der Waals surface area contributed by atoms with E-state index in [-0.39, 0.29) is 11.6 Å². The molecule has 6 nitrogen and oxygen atoms in total. The largest absolute Gasteiger partial charge is 0.315 e. The highest BCUT2D eigenvalue weighted by atomic mass is 16.1. The van der Waals surface area contributed by atoms with Gasteiger partial charge in [0.2, 0.25) is 0 Å². The highest BCUT2D eigenvalue weighted by Crippen LogP contribution is 2.25. The average Bonchev–Trinajstić information content (AvgIpc) is 2.89. The van der Waals surface area contributed by atoms with E-state index in [0.29, 0.717) is 11.9 Å². The van der Waals surface area contributed by atoms with Crippen LogP contribution in [0.15, 0.2) is 23.3 Å². The Balaban J connectivity index is 2.10. The van der Waals surface area contributed by atoms with Gasteiger partial charge in [0.05, 0.1) is 16.9 Å². The van der Waals surface area contributed by atoms with Crippen LogP contribution >= 0.6 is 0 Å². The van der Waals surface area contributed by atoms with Crippen molar-refractivity contribution in [2.75, 3.05) is 26.2 Å². The molecule has 130 valence electrons. The van der Waals surface area contributed by atoms with Crippen molar-refractivity contribution >= 4 is 10.9 Å². The van der Waals surface area contributed by atoms with Crippen molar-refractivity contribution in [2.24, 2.45) is 0 Å². The van der Waals surface area contributed by atoms with Crippen LogP contribution < -0.4 is 10.9 Å². The summed E-state index contributed by atoms with van der Waals surface area (Å²) in [6, 6.07) is 2.04. The van der Waals surface area contributed by atoms with Gasteiger partial charge >= 0.3 is 0 Å². The van der Waals surface area contributed by atoms with E-state index in [4.69, 9.17) is 4.98 Å². The molecule has 1 saturated heterocycles. The predicted molar refractivity (Wildman–Crippen MR) is 96.2 cm³/mol. The molecule has 1 aliphatic heterocycles. The summed E-state index contributed by atoms with van der Waals surface area (Å²) < 4.78 is 1.84. The number of hydrogen-bond acceptors (Lipinski definition) is 5. The Morgan fingerprint density at radius 1 is 1.29 bits per heavy atom. The minimum absolute atomic E-state index is 0.0275. The van der Waals surface area contributed by atoms with Crippen molar-refractivity contribution in [3.05, 3.63) is 34.6 Å². The molecule has 0 aliphatic carbocycles. The quantitative estimate of drug-likeness (QED) is 0.908. The molecule has 0 aromatic carbocycles. The maximum absolute atomic E-state index is 12.9. The molecular formula is C18H27N5O. The molecule has 1 fully saturated rings. The fourth-order valence-corrected chi connectivity index (χ4v) is 3.57. The van der Waals surface area contributed by atoms with Gasteiger partial charge in [-0.15, -0.1) is 0 Å². The predicted octanol–water partition coefficient (Wildman–Crippen LogP) is 1.95.